The van der Waals surface area contributed by atoms with E-state index >= 15 is 0 Å². The normalized spacial score (nSPS) is 22.9. The van der Waals surface area contributed by atoms with Gasteiger partial charge in [0, 0.05) is 44.0 Å². The standard InChI is InChI=1S/C21H28FN3O3/c1-14-2-5-16(12-19(14)22)23-21(27)24-9-6-18(13-24)25(20(26)15-3-4-15)17-7-10-28-11-8-17/h2,5,12,15,17-18H,3-4,6-11,13H2,1H3,(H,23,27). The van der Waals surface area contributed by atoms with E-state index in [-0.39, 0.29) is 35.8 Å². The van der Waals surface area contributed by atoms with E-state index in [1.54, 1.807) is 24.0 Å². The fourth-order valence-corrected chi connectivity index (χ4v) is 4.19. The number of carbonyl (C=O) groups is 2. The SMILES string of the molecule is Cc1ccc(NC(=O)N2CCC(N(C(=O)C3CC3)C3CCOCC3)C2)cc1F. The number of amides is 3. The van der Waals surface area contributed by atoms with Crippen molar-refractivity contribution in [3.05, 3.63) is 29.6 Å². The number of hydrogen-bond donors (Lipinski definition) is 1. The molecule has 3 aliphatic rings. The summed E-state index contributed by atoms with van der Waals surface area (Å²) >= 11 is 0. The first kappa shape index (κ1) is 19.2. The maximum absolute atomic E-state index is 13.7. The zero-order valence-corrected chi connectivity index (χ0v) is 16.3. The second kappa shape index (κ2) is 8.07. The number of ether oxygens (including phenoxy) is 1. The fourth-order valence-electron chi connectivity index (χ4n) is 4.19. The van der Waals surface area contributed by atoms with Gasteiger partial charge in [-0.2, -0.15) is 0 Å². The highest BCUT2D eigenvalue weighted by molar-refractivity contribution is 5.89. The Labute approximate surface area is 165 Å². The van der Waals surface area contributed by atoms with Crippen molar-refractivity contribution in [3.8, 4) is 0 Å². The van der Waals surface area contributed by atoms with Crippen molar-refractivity contribution in [1.82, 2.24) is 9.80 Å². The third kappa shape index (κ3) is 4.14. The fraction of sp³-hybridized carbons (Fsp3) is 0.619. The Morgan fingerprint density at radius 2 is 1.89 bits per heavy atom. The second-order valence-corrected chi connectivity index (χ2v) is 8.15. The van der Waals surface area contributed by atoms with Crippen LogP contribution in [-0.2, 0) is 9.53 Å². The van der Waals surface area contributed by atoms with E-state index in [1.165, 1.54) is 6.07 Å². The highest BCUT2D eigenvalue weighted by Crippen LogP contribution is 2.35. The molecule has 0 aromatic heterocycles. The van der Waals surface area contributed by atoms with Gasteiger partial charge in [-0.05, 0) is 56.7 Å². The van der Waals surface area contributed by atoms with E-state index in [0.29, 0.717) is 37.6 Å². The third-order valence-corrected chi connectivity index (χ3v) is 6.03. The van der Waals surface area contributed by atoms with E-state index < -0.39 is 0 Å². The summed E-state index contributed by atoms with van der Waals surface area (Å²) in [6, 6.07) is 4.72. The smallest absolute Gasteiger partial charge is 0.321 e. The zero-order chi connectivity index (χ0) is 19.7. The summed E-state index contributed by atoms with van der Waals surface area (Å²) in [6.07, 6.45) is 4.47. The number of hydrogen-bond acceptors (Lipinski definition) is 3. The van der Waals surface area contributed by atoms with Gasteiger partial charge >= 0.3 is 6.03 Å². The van der Waals surface area contributed by atoms with Crippen molar-refractivity contribution >= 4 is 17.6 Å². The van der Waals surface area contributed by atoms with Crippen molar-refractivity contribution in [3.63, 3.8) is 0 Å². The average Bonchev–Trinajstić information content (AvgIpc) is 3.44. The zero-order valence-electron chi connectivity index (χ0n) is 16.3. The third-order valence-electron chi connectivity index (χ3n) is 6.03. The predicted molar refractivity (Wildman–Crippen MR) is 104 cm³/mol. The molecule has 3 amide bonds. The molecule has 2 heterocycles. The van der Waals surface area contributed by atoms with Gasteiger partial charge in [0.15, 0.2) is 0 Å². The minimum Gasteiger partial charge on any atom is -0.381 e. The van der Waals surface area contributed by atoms with Crippen LogP contribution in [0.25, 0.3) is 0 Å². The lowest BCUT2D eigenvalue weighted by Crippen LogP contribution is -2.51. The van der Waals surface area contributed by atoms with Crippen LogP contribution in [0.2, 0.25) is 0 Å². The maximum Gasteiger partial charge on any atom is 0.321 e. The van der Waals surface area contributed by atoms with Crippen molar-refractivity contribution in [2.45, 2.75) is 51.1 Å². The van der Waals surface area contributed by atoms with Crippen LogP contribution in [0, 0.1) is 18.7 Å². The maximum atomic E-state index is 13.7. The molecule has 2 aliphatic heterocycles. The topological polar surface area (TPSA) is 61.9 Å². The highest BCUT2D eigenvalue weighted by atomic mass is 19.1. The predicted octanol–water partition coefficient (Wildman–Crippen LogP) is 3.16. The number of carbonyl (C=O) groups excluding carboxylic acids is 2. The van der Waals surface area contributed by atoms with E-state index in [9.17, 15) is 14.0 Å². The van der Waals surface area contributed by atoms with Gasteiger partial charge in [-0.25, -0.2) is 9.18 Å². The minimum atomic E-state index is -0.335. The molecular formula is C21H28FN3O3. The summed E-state index contributed by atoms with van der Waals surface area (Å²) < 4.78 is 19.2. The van der Waals surface area contributed by atoms with Crippen molar-refractivity contribution in [1.29, 1.82) is 0 Å². The monoisotopic (exact) mass is 389 g/mol. The van der Waals surface area contributed by atoms with E-state index in [0.717, 1.165) is 32.1 Å². The second-order valence-electron chi connectivity index (χ2n) is 8.15. The molecule has 28 heavy (non-hydrogen) atoms. The molecule has 1 aliphatic carbocycles. The molecule has 2 saturated heterocycles. The van der Waals surface area contributed by atoms with E-state index in [2.05, 4.69) is 10.2 Å². The molecule has 1 N–H and O–H groups in total. The number of nitrogens with one attached hydrogen (secondary N) is 1. The van der Waals surface area contributed by atoms with Gasteiger partial charge in [0.25, 0.3) is 0 Å². The van der Waals surface area contributed by atoms with Crippen LogP contribution in [0.4, 0.5) is 14.9 Å². The van der Waals surface area contributed by atoms with E-state index in [1.807, 2.05) is 0 Å². The van der Waals surface area contributed by atoms with Crippen LogP contribution in [0.5, 0.6) is 0 Å². The molecule has 1 aromatic carbocycles. The molecule has 6 nitrogen and oxygen atoms in total. The molecule has 1 atom stereocenters. The summed E-state index contributed by atoms with van der Waals surface area (Å²) in [7, 11) is 0. The van der Waals surface area contributed by atoms with Crippen molar-refractivity contribution in [2.75, 3.05) is 31.6 Å². The molecule has 0 bridgehead atoms. The van der Waals surface area contributed by atoms with Crippen molar-refractivity contribution < 1.29 is 18.7 Å². The summed E-state index contributed by atoms with van der Waals surface area (Å²) in [5.74, 6) is 0.0823. The molecule has 3 fully saturated rings. The van der Waals surface area contributed by atoms with Crippen molar-refractivity contribution in [2.24, 2.45) is 5.92 Å². The molecule has 1 aromatic rings. The van der Waals surface area contributed by atoms with Gasteiger partial charge in [0.05, 0.1) is 6.04 Å². The Balaban J connectivity index is 1.41. The molecule has 7 heteroatoms. The van der Waals surface area contributed by atoms with Crippen LogP contribution >= 0.6 is 0 Å². The van der Waals surface area contributed by atoms with Gasteiger partial charge < -0.3 is 19.9 Å². The van der Waals surface area contributed by atoms with Crippen LogP contribution in [-0.4, -0.2) is 60.1 Å². The molecule has 0 spiro atoms. The lowest BCUT2D eigenvalue weighted by Gasteiger charge is -2.38. The Kier molecular flexibility index (Phi) is 5.53. The number of benzene rings is 1. The Bertz CT molecular complexity index is 746. The largest absolute Gasteiger partial charge is 0.381 e. The summed E-state index contributed by atoms with van der Waals surface area (Å²) in [6.45, 7) is 4.19. The Morgan fingerprint density at radius 1 is 1.14 bits per heavy atom. The molecule has 1 unspecified atom stereocenters. The van der Waals surface area contributed by atoms with Crippen LogP contribution in [0.15, 0.2) is 18.2 Å². The number of anilines is 1. The Hall–Kier alpha value is -2.15. The molecule has 152 valence electrons. The lowest BCUT2D eigenvalue weighted by atomic mass is 10.0. The first-order valence-electron chi connectivity index (χ1n) is 10.2. The molecular weight excluding hydrogens is 361 g/mol. The first-order valence-corrected chi connectivity index (χ1v) is 10.2. The van der Waals surface area contributed by atoms with Gasteiger partial charge in [0.2, 0.25) is 5.91 Å². The van der Waals surface area contributed by atoms with Gasteiger partial charge in [-0.15, -0.1) is 0 Å². The van der Waals surface area contributed by atoms with Crippen LogP contribution < -0.4 is 5.32 Å². The van der Waals surface area contributed by atoms with Crippen LogP contribution in [0.3, 0.4) is 0 Å². The molecule has 1 saturated carbocycles. The highest BCUT2D eigenvalue weighted by Gasteiger charge is 2.42. The number of halogens is 1. The summed E-state index contributed by atoms with van der Waals surface area (Å²) in [5, 5.41) is 2.78. The van der Waals surface area contributed by atoms with Gasteiger partial charge in [0.1, 0.15) is 5.82 Å². The molecule has 0 radical (unpaired) electrons. The number of urea groups is 1. The number of nitrogens with zero attached hydrogens (tertiary/aromatic N) is 2. The van der Waals surface area contributed by atoms with E-state index in [4.69, 9.17) is 4.74 Å². The quantitative estimate of drug-likeness (QED) is 0.861. The lowest BCUT2D eigenvalue weighted by molar-refractivity contribution is -0.139. The number of likely N-dealkylation sites (tertiary alicyclic amines) is 1. The number of aryl methyl sites for hydroxylation is 1. The minimum absolute atomic E-state index is 0.0525. The average molecular weight is 389 g/mol. The molecule has 4 rings (SSSR count). The summed E-state index contributed by atoms with van der Waals surface area (Å²) in [5.41, 5.74) is 0.997. The Morgan fingerprint density at radius 3 is 2.57 bits per heavy atom. The van der Waals surface area contributed by atoms with Crippen LogP contribution in [0.1, 0.15) is 37.7 Å². The van der Waals surface area contributed by atoms with Gasteiger partial charge in [-0.3, -0.25) is 4.79 Å². The summed E-state index contributed by atoms with van der Waals surface area (Å²) in [4.78, 5) is 29.4. The number of rotatable bonds is 4. The van der Waals surface area contributed by atoms with Gasteiger partial charge in [-0.1, -0.05) is 6.07 Å². The first-order chi connectivity index (χ1) is 13.5.